The summed E-state index contributed by atoms with van der Waals surface area (Å²) in [5.74, 6) is 0. The molecular weight excluding hydrogens is 169 g/mol. The lowest BCUT2D eigenvalue weighted by Crippen LogP contribution is -1.88. The lowest BCUT2D eigenvalue weighted by Gasteiger charge is -1.88. The summed E-state index contributed by atoms with van der Waals surface area (Å²) in [7, 11) is -2.48. The Morgan fingerprint density at radius 2 is 2.36 bits per heavy atom. The second kappa shape index (κ2) is 7.44. The molecule has 0 aromatic carbocycles. The van der Waals surface area contributed by atoms with Crippen molar-refractivity contribution in [3.8, 4) is 0 Å². The van der Waals surface area contributed by atoms with Crippen LogP contribution in [0.1, 0.15) is 12.8 Å². The fraction of sp³-hybridized carbons (Fsp3) is 1.00. The van der Waals surface area contributed by atoms with Gasteiger partial charge in [-0.25, -0.2) is 0 Å². The van der Waals surface area contributed by atoms with E-state index in [1.165, 1.54) is 0 Å². The molecule has 11 heavy (non-hydrogen) atoms. The molecule has 0 bridgehead atoms. The molecule has 1 unspecified atom stereocenters. The fourth-order valence-corrected chi connectivity index (χ4v) is 0.757. The van der Waals surface area contributed by atoms with Crippen LogP contribution in [-0.4, -0.2) is 18.0 Å². The molecule has 0 fully saturated rings. The molecule has 0 aliphatic carbocycles. The van der Waals surface area contributed by atoms with Crippen LogP contribution < -0.4 is 0 Å². The van der Waals surface area contributed by atoms with Crippen molar-refractivity contribution >= 4 is 8.25 Å². The van der Waals surface area contributed by atoms with E-state index in [4.69, 9.17) is 10.4 Å². The number of hydrogen-bond donors (Lipinski definition) is 1. The van der Waals surface area contributed by atoms with E-state index in [0.717, 1.165) is 0 Å². The fourth-order valence-electron chi connectivity index (χ4n) is 0.472. The Bertz CT molecular complexity index is 164. The average molecular weight is 178 g/mol. The van der Waals surface area contributed by atoms with Gasteiger partial charge in [0, 0.05) is 16.0 Å². The summed E-state index contributed by atoms with van der Waals surface area (Å²) < 4.78 is 14.3. The van der Waals surface area contributed by atoms with Crippen LogP contribution >= 0.6 is 8.25 Å². The van der Waals surface area contributed by atoms with Gasteiger partial charge in [-0.2, -0.15) is 0 Å². The maximum Gasteiger partial charge on any atom is 0.694 e. The minimum atomic E-state index is -2.48. The van der Waals surface area contributed by atoms with E-state index < -0.39 is 8.25 Å². The summed E-state index contributed by atoms with van der Waals surface area (Å²) in [4.78, 5) is 10.7. The largest absolute Gasteiger partial charge is 0.694 e. The number of unbranched alkanes of at least 4 members (excludes halogenated alkanes) is 1. The molecule has 0 aromatic rings. The molecule has 6 nitrogen and oxygen atoms in total. The molecule has 1 atom stereocenters. The van der Waals surface area contributed by atoms with Crippen LogP contribution in [0.3, 0.4) is 0 Å². The van der Waals surface area contributed by atoms with E-state index >= 15 is 0 Å². The zero-order valence-corrected chi connectivity index (χ0v) is 6.78. The van der Waals surface area contributed by atoms with Crippen molar-refractivity contribution in [2.75, 3.05) is 13.2 Å². The van der Waals surface area contributed by atoms with E-state index in [1.807, 2.05) is 0 Å². The molecular formula is C4H9N3O3P+. The third kappa shape index (κ3) is 9.33. The quantitative estimate of drug-likeness (QED) is 0.220. The van der Waals surface area contributed by atoms with Gasteiger partial charge in [-0.05, 0) is 18.4 Å². The van der Waals surface area contributed by atoms with Gasteiger partial charge in [0.2, 0.25) is 0 Å². The Hall–Kier alpha value is -0.670. The van der Waals surface area contributed by atoms with Crippen molar-refractivity contribution in [3.05, 3.63) is 10.4 Å². The average Bonchev–Trinajstić information content (AvgIpc) is 1.96. The van der Waals surface area contributed by atoms with Gasteiger partial charge in [0.05, 0.1) is 0 Å². The Labute approximate surface area is 64.8 Å². The summed E-state index contributed by atoms with van der Waals surface area (Å²) in [6.07, 6.45) is 1.30. The summed E-state index contributed by atoms with van der Waals surface area (Å²) in [6, 6.07) is 0. The van der Waals surface area contributed by atoms with Crippen molar-refractivity contribution in [2.24, 2.45) is 5.11 Å². The molecule has 1 N–H and O–H groups in total. The molecule has 0 aromatic heterocycles. The summed E-state index contributed by atoms with van der Waals surface area (Å²) in [5.41, 5.74) is 7.85. The van der Waals surface area contributed by atoms with Gasteiger partial charge in [-0.3, -0.25) is 0 Å². The van der Waals surface area contributed by atoms with Gasteiger partial charge >= 0.3 is 8.25 Å². The topological polar surface area (TPSA) is 95.3 Å². The normalized spacial score (nSPS) is 10.5. The van der Waals surface area contributed by atoms with E-state index in [1.54, 1.807) is 0 Å². The number of azide groups is 1. The third-order valence-electron chi connectivity index (χ3n) is 0.917. The standard InChI is InChI=1S/C4H8N3O3P/c5-7-6-3-1-2-4-10-11(8)9/h1-4H2/p+1. The molecule has 0 amide bonds. The number of rotatable bonds is 6. The van der Waals surface area contributed by atoms with Crippen LogP contribution in [0.25, 0.3) is 10.4 Å². The first-order valence-electron chi connectivity index (χ1n) is 3.07. The summed E-state index contributed by atoms with van der Waals surface area (Å²) >= 11 is 0. The molecule has 0 rings (SSSR count). The van der Waals surface area contributed by atoms with E-state index in [0.29, 0.717) is 19.4 Å². The highest BCUT2D eigenvalue weighted by Gasteiger charge is 2.09. The van der Waals surface area contributed by atoms with Crippen molar-refractivity contribution in [2.45, 2.75) is 12.8 Å². The second-order valence-electron chi connectivity index (χ2n) is 1.73. The Balaban J connectivity index is 3.02. The molecule has 0 aliphatic rings. The first kappa shape index (κ1) is 10.3. The summed E-state index contributed by atoms with van der Waals surface area (Å²) in [6.45, 7) is 0.634. The summed E-state index contributed by atoms with van der Waals surface area (Å²) in [5, 5.41) is 3.28. The van der Waals surface area contributed by atoms with E-state index in [9.17, 15) is 4.57 Å². The van der Waals surface area contributed by atoms with Gasteiger partial charge in [-0.15, -0.1) is 9.42 Å². The zero-order valence-electron chi connectivity index (χ0n) is 5.88. The molecule has 0 aliphatic heterocycles. The van der Waals surface area contributed by atoms with Crippen LogP contribution in [0.4, 0.5) is 0 Å². The lowest BCUT2D eigenvalue weighted by atomic mass is 10.3. The molecule has 0 radical (unpaired) electrons. The van der Waals surface area contributed by atoms with Gasteiger partial charge in [0.25, 0.3) is 0 Å². The minimum absolute atomic E-state index is 0.229. The van der Waals surface area contributed by atoms with Crippen molar-refractivity contribution in [1.82, 2.24) is 0 Å². The van der Waals surface area contributed by atoms with Gasteiger partial charge in [0.15, 0.2) is 0 Å². The van der Waals surface area contributed by atoms with Crippen molar-refractivity contribution in [1.29, 1.82) is 0 Å². The maximum absolute atomic E-state index is 9.93. The second-order valence-corrected chi connectivity index (χ2v) is 2.47. The molecule has 0 saturated heterocycles. The first-order valence-corrected chi connectivity index (χ1v) is 4.20. The minimum Gasteiger partial charge on any atom is -0.133 e. The Kier molecular flexibility index (Phi) is 6.98. The lowest BCUT2D eigenvalue weighted by molar-refractivity contribution is 0.275. The smallest absolute Gasteiger partial charge is 0.133 e. The zero-order chi connectivity index (χ0) is 8.53. The van der Waals surface area contributed by atoms with Crippen LogP contribution in [0.5, 0.6) is 0 Å². The van der Waals surface area contributed by atoms with Gasteiger partial charge < -0.3 is 0 Å². The predicted octanol–water partition coefficient (Wildman–Crippen LogP) is 1.74. The van der Waals surface area contributed by atoms with Crippen molar-refractivity contribution < 1.29 is 14.0 Å². The Morgan fingerprint density at radius 3 is 2.91 bits per heavy atom. The number of hydrogen-bond acceptors (Lipinski definition) is 3. The molecule has 0 heterocycles. The molecule has 7 heteroatoms. The monoisotopic (exact) mass is 178 g/mol. The highest BCUT2D eigenvalue weighted by molar-refractivity contribution is 7.32. The Morgan fingerprint density at radius 1 is 1.64 bits per heavy atom. The van der Waals surface area contributed by atoms with E-state index in [2.05, 4.69) is 14.5 Å². The SMILES string of the molecule is [N-]=[N+]=NCCCCO[P+](=O)O. The molecule has 0 spiro atoms. The van der Waals surface area contributed by atoms with Gasteiger partial charge in [0.1, 0.15) is 6.61 Å². The van der Waals surface area contributed by atoms with Crippen LogP contribution in [-0.2, 0) is 9.09 Å². The molecule has 62 valence electrons. The molecule has 0 saturated carbocycles. The predicted molar refractivity (Wildman–Crippen MR) is 39.0 cm³/mol. The van der Waals surface area contributed by atoms with Crippen LogP contribution in [0.15, 0.2) is 5.11 Å². The third-order valence-corrected chi connectivity index (χ3v) is 1.32. The van der Waals surface area contributed by atoms with Gasteiger partial charge in [-0.1, -0.05) is 5.11 Å². The highest BCUT2D eigenvalue weighted by atomic mass is 31.1. The highest BCUT2D eigenvalue weighted by Crippen LogP contribution is 2.14. The van der Waals surface area contributed by atoms with Crippen LogP contribution in [0, 0.1) is 0 Å². The maximum atomic E-state index is 9.93. The number of nitrogens with zero attached hydrogens (tertiary/aromatic N) is 3. The van der Waals surface area contributed by atoms with E-state index in [-0.39, 0.29) is 6.61 Å². The first-order chi connectivity index (χ1) is 5.27. The van der Waals surface area contributed by atoms with Crippen LogP contribution in [0.2, 0.25) is 0 Å². The van der Waals surface area contributed by atoms with Crippen molar-refractivity contribution in [3.63, 3.8) is 0 Å².